The summed E-state index contributed by atoms with van der Waals surface area (Å²) in [6.45, 7) is 2.11. The molecule has 2 heterocycles. The Morgan fingerprint density at radius 3 is 3.19 bits per heavy atom. The highest BCUT2D eigenvalue weighted by Crippen LogP contribution is 2.21. The molecule has 86 valence electrons. The molecule has 1 aliphatic rings. The van der Waals surface area contributed by atoms with Gasteiger partial charge in [0.05, 0.1) is 12.6 Å². The van der Waals surface area contributed by atoms with Gasteiger partial charge in [0, 0.05) is 11.9 Å². The molecule has 0 spiro atoms. The predicted octanol–water partition coefficient (Wildman–Crippen LogP) is -0.312. The van der Waals surface area contributed by atoms with E-state index < -0.39 is 4.92 Å². The van der Waals surface area contributed by atoms with Crippen LogP contribution in [0.2, 0.25) is 0 Å². The van der Waals surface area contributed by atoms with Gasteiger partial charge in [-0.2, -0.15) is 0 Å². The molecular formula is C8H10N4O4. The standard InChI is InChI=1S/C8H10N4O4/c1-5(13)9-6-2-11-3-7(12(14)15)10-8(11)16-4-6/h3,6H,2,4H2,1H3,(H,9,13). The van der Waals surface area contributed by atoms with Crippen molar-refractivity contribution in [2.45, 2.75) is 19.5 Å². The smallest absolute Gasteiger partial charge is 0.414 e. The Kier molecular flexibility index (Phi) is 2.47. The summed E-state index contributed by atoms with van der Waals surface area (Å²) < 4.78 is 6.72. The van der Waals surface area contributed by atoms with Crippen molar-refractivity contribution >= 4 is 11.7 Å². The Hall–Kier alpha value is -2.12. The molecule has 1 aromatic heterocycles. The fourth-order valence-corrected chi connectivity index (χ4v) is 1.56. The largest absolute Gasteiger partial charge is 0.444 e. The van der Waals surface area contributed by atoms with Crippen LogP contribution >= 0.6 is 0 Å². The fourth-order valence-electron chi connectivity index (χ4n) is 1.56. The molecule has 0 saturated heterocycles. The van der Waals surface area contributed by atoms with Crippen molar-refractivity contribution in [1.29, 1.82) is 0 Å². The van der Waals surface area contributed by atoms with Gasteiger partial charge in [-0.25, -0.2) is 0 Å². The molecule has 0 fully saturated rings. The lowest BCUT2D eigenvalue weighted by molar-refractivity contribution is -0.389. The quantitative estimate of drug-likeness (QED) is 0.550. The van der Waals surface area contributed by atoms with Gasteiger partial charge in [-0.3, -0.25) is 9.36 Å². The summed E-state index contributed by atoms with van der Waals surface area (Å²) in [7, 11) is 0. The molecule has 1 amide bonds. The van der Waals surface area contributed by atoms with Gasteiger partial charge in [0.25, 0.3) is 0 Å². The Bertz CT molecular complexity index is 441. The number of fused-ring (bicyclic) bond motifs is 1. The van der Waals surface area contributed by atoms with Gasteiger partial charge in [-0.1, -0.05) is 0 Å². The summed E-state index contributed by atoms with van der Waals surface area (Å²) >= 11 is 0. The molecule has 1 unspecified atom stereocenters. The average molecular weight is 226 g/mol. The first-order valence-electron chi connectivity index (χ1n) is 4.67. The summed E-state index contributed by atoms with van der Waals surface area (Å²) in [5, 5.41) is 13.2. The van der Waals surface area contributed by atoms with E-state index in [0.29, 0.717) is 6.54 Å². The first kappa shape index (κ1) is 10.4. The molecule has 1 aliphatic heterocycles. The van der Waals surface area contributed by atoms with Gasteiger partial charge in [0.2, 0.25) is 5.91 Å². The summed E-state index contributed by atoms with van der Waals surface area (Å²) in [5.74, 6) is -0.412. The van der Waals surface area contributed by atoms with Crippen LogP contribution in [0, 0.1) is 10.1 Å². The second kappa shape index (κ2) is 3.80. The van der Waals surface area contributed by atoms with Crippen molar-refractivity contribution < 1.29 is 14.5 Å². The maximum atomic E-state index is 10.8. The molecule has 0 radical (unpaired) electrons. The van der Waals surface area contributed by atoms with Gasteiger partial charge in [-0.15, -0.1) is 0 Å². The van der Waals surface area contributed by atoms with Crippen LogP contribution < -0.4 is 10.1 Å². The number of rotatable bonds is 2. The van der Waals surface area contributed by atoms with Crippen LogP contribution in [0.4, 0.5) is 5.82 Å². The van der Waals surface area contributed by atoms with E-state index in [2.05, 4.69) is 10.3 Å². The minimum atomic E-state index is -0.581. The third-order valence-corrected chi connectivity index (χ3v) is 2.15. The molecule has 1 N–H and O–H groups in total. The number of nitrogens with one attached hydrogen (secondary N) is 1. The van der Waals surface area contributed by atoms with Gasteiger partial charge >= 0.3 is 11.8 Å². The summed E-state index contributed by atoms with van der Waals surface area (Å²) in [6.07, 6.45) is 1.29. The molecule has 0 saturated carbocycles. The zero-order valence-corrected chi connectivity index (χ0v) is 8.54. The zero-order valence-electron chi connectivity index (χ0n) is 8.54. The van der Waals surface area contributed by atoms with E-state index >= 15 is 0 Å². The third-order valence-electron chi connectivity index (χ3n) is 2.15. The number of amides is 1. The molecule has 8 nitrogen and oxygen atoms in total. The number of aromatic nitrogens is 2. The highest BCUT2D eigenvalue weighted by atomic mass is 16.6. The van der Waals surface area contributed by atoms with Gasteiger partial charge < -0.3 is 20.2 Å². The number of hydrogen-bond acceptors (Lipinski definition) is 5. The van der Waals surface area contributed by atoms with E-state index in [0.717, 1.165) is 0 Å². The molecule has 1 atom stereocenters. The number of ether oxygens (including phenoxy) is 1. The minimum absolute atomic E-state index is 0.160. The van der Waals surface area contributed by atoms with Crippen LogP contribution in [0.1, 0.15) is 6.92 Å². The van der Waals surface area contributed by atoms with Gasteiger partial charge in [0.15, 0.2) is 0 Å². The van der Waals surface area contributed by atoms with E-state index in [4.69, 9.17) is 4.74 Å². The molecule has 2 rings (SSSR count). The van der Waals surface area contributed by atoms with Crippen LogP contribution in [-0.4, -0.2) is 33.0 Å². The number of carbonyl (C=O) groups excluding carboxylic acids is 1. The summed E-state index contributed by atoms with van der Waals surface area (Å²) in [4.78, 5) is 24.4. The molecule has 8 heteroatoms. The van der Waals surface area contributed by atoms with Crippen LogP contribution in [-0.2, 0) is 11.3 Å². The van der Waals surface area contributed by atoms with Gasteiger partial charge in [-0.05, 0) is 4.92 Å². The molecule has 1 aromatic rings. The fraction of sp³-hybridized carbons (Fsp3) is 0.500. The SMILES string of the molecule is CC(=O)NC1COc2nc([N+](=O)[O-])cn2C1. The van der Waals surface area contributed by atoms with Crippen molar-refractivity contribution in [2.75, 3.05) is 6.61 Å². The van der Waals surface area contributed by atoms with Crippen molar-refractivity contribution in [3.05, 3.63) is 16.3 Å². The van der Waals surface area contributed by atoms with E-state index in [1.54, 1.807) is 0 Å². The lowest BCUT2D eigenvalue weighted by atomic mass is 10.3. The molecule has 0 aliphatic carbocycles. The normalized spacial score (nSPS) is 18.4. The van der Waals surface area contributed by atoms with E-state index in [-0.39, 0.29) is 30.4 Å². The Balaban J connectivity index is 2.14. The second-order valence-electron chi connectivity index (χ2n) is 3.50. The minimum Gasteiger partial charge on any atom is -0.444 e. The number of nitrogens with zero attached hydrogens (tertiary/aromatic N) is 3. The topological polar surface area (TPSA) is 99.3 Å². The zero-order chi connectivity index (χ0) is 11.7. The highest BCUT2D eigenvalue weighted by molar-refractivity contribution is 5.73. The van der Waals surface area contributed by atoms with E-state index in [9.17, 15) is 14.9 Å². The lowest BCUT2D eigenvalue weighted by Gasteiger charge is -2.22. The Labute approximate surface area is 90.4 Å². The third kappa shape index (κ3) is 1.95. The van der Waals surface area contributed by atoms with Crippen molar-refractivity contribution in [1.82, 2.24) is 14.9 Å². The predicted molar refractivity (Wildman–Crippen MR) is 52.0 cm³/mol. The number of imidazole rings is 1. The van der Waals surface area contributed by atoms with E-state index in [1.165, 1.54) is 17.7 Å². The first-order valence-corrected chi connectivity index (χ1v) is 4.67. The van der Waals surface area contributed by atoms with Crippen LogP contribution in [0.3, 0.4) is 0 Å². The van der Waals surface area contributed by atoms with Crippen LogP contribution in [0.5, 0.6) is 6.01 Å². The number of hydrogen-bond donors (Lipinski definition) is 1. The first-order chi connectivity index (χ1) is 7.56. The number of nitro groups is 1. The maximum Gasteiger partial charge on any atom is 0.414 e. The lowest BCUT2D eigenvalue weighted by Crippen LogP contribution is -2.43. The summed E-state index contributed by atoms with van der Waals surface area (Å²) in [5.41, 5.74) is 0. The molecule has 0 aromatic carbocycles. The monoisotopic (exact) mass is 226 g/mol. The summed E-state index contributed by atoms with van der Waals surface area (Å²) in [6, 6.07) is 0.0344. The van der Waals surface area contributed by atoms with E-state index in [1.807, 2.05) is 0 Å². The van der Waals surface area contributed by atoms with Crippen LogP contribution in [0.15, 0.2) is 6.20 Å². The highest BCUT2D eigenvalue weighted by Gasteiger charge is 2.27. The number of carbonyl (C=O) groups is 1. The van der Waals surface area contributed by atoms with Crippen molar-refractivity contribution in [3.63, 3.8) is 0 Å². The Morgan fingerprint density at radius 1 is 1.81 bits per heavy atom. The Morgan fingerprint density at radius 2 is 2.56 bits per heavy atom. The van der Waals surface area contributed by atoms with Crippen molar-refractivity contribution in [3.8, 4) is 6.01 Å². The molecule has 0 bridgehead atoms. The average Bonchev–Trinajstić information content (AvgIpc) is 2.59. The van der Waals surface area contributed by atoms with Crippen LogP contribution in [0.25, 0.3) is 0 Å². The van der Waals surface area contributed by atoms with Crippen molar-refractivity contribution in [2.24, 2.45) is 0 Å². The van der Waals surface area contributed by atoms with Gasteiger partial charge in [0.1, 0.15) is 12.8 Å². The molecular weight excluding hydrogens is 216 g/mol. The second-order valence-corrected chi connectivity index (χ2v) is 3.50. The maximum absolute atomic E-state index is 10.8. The molecule has 16 heavy (non-hydrogen) atoms.